The van der Waals surface area contributed by atoms with E-state index in [0.717, 1.165) is 25.7 Å². The molecule has 0 unspecified atom stereocenters. The van der Waals surface area contributed by atoms with E-state index in [2.05, 4.69) is 11.6 Å². The highest BCUT2D eigenvalue weighted by Gasteiger charge is 2.28. The van der Waals surface area contributed by atoms with Gasteiger partial charge in [-0.15, -0.1) is 0 Å². The summed E-state index contributed by atoms with van der Waals surface area (Å²) >= 11 is 0. The Balaban J connectivity index is 1.35. The molecule has 0 radical (unpaired) electrons. The summed E-state index contributed by atoms with van der Waals surface area (Å²) in [5.41, 5.74) is 0.213. The maximum atomic E-state index is 13.1. The molecule has 2 aromatic carbocycles. The number of nitrogens with one attached hydrogen (secondary N) is 1. The highest BCUT2D eigenvalue weighted by atomic mass is 32.2. The monoisotopic (exact) mass is 565 g/mol. The van der Waals surface area contributed by atoms with Gasteiger partial charge in [-0.2, -0.15) is 4.31 Å². The lowest BCUT2D eigenvalue weighted by atomic mass is 9.98. The molecule has 0 aromatic heterocycles. The molecule has 208 valence electrons. The zero-order valence-electron chi connectivity index (χ0n) is 21.8. The number of sulfonamides is 2. The molecule has 38 heavy (non-hydrogen) atoms. The Morgan fingerprint density at radius 2 is 1.58 bits per heavy atom. The van der Waals surface area contributed by atoms with Gasteiger partial charge in [0.05, 0.1) is 22.5 Å². The summed E-state index contributed by atoms with van der Waals surface area (Å²) < 4.78 is 66.0. The van der Waals surface area contributed by atoms with Crippen LogP contribution in [0.25, 0.3) is 0 Å². The number of methoxy groups -OCH3 is 1. The van der Waals surface area contributed by atoms with Crippen LogP contribution in [0.2, 0.25) is 0 Å². The molecular weight excluding hydrogens is 530 g/mol. The second kappa shape index (κ2) is 12.0. The first kappa shape index (κ1) is 28.3. The number of nitrogens with zero attached hydrogens (tertiary/aromatic N) is 2. The van der Waals surface area contributed by atoms with E-state index in [1.807, 2.05) is 0 Å². The number of amides is 1. The lowest BCUT2D eigenvalue weighted by Crippen LogP contribution is -2.38. The van der Waals surface area contributed by atoms with E-state index < -0.39 is 20.0 Å². The number of carbonyl (C=O) groups is 1. The number of rotatable bonds is 10. The molecular formula is C26H35N3O7S2. The maximum absolute atomic E-state index is 13.1. The van der Waals surface area contributed by atoms with Gasteiger partial charge in [-0.25, -0.2) is 21.6 Å². The van der Waals surface area contributed by atoms with Crippen LogP contribution in [0.4, 0.5) is 0 Å². The Hall–Kier alpha value is -2.67. The fourth-order valence-corrected chi connectivity index (χ4v) is 7.17. The van der Waals surface area contributed by atoms with Gasteiger partial charge in [0.1, 0.15) is 18.1 Å². The third-order valence-electron chi connectivity index (χ3n) is 6.97. The number of hydrogen-bond donors (Lipinski definition) is 1. The summed E-state index contributed by atoms with van der Waals surface area (Å²) in [6.45, 7) is 4.48. The van der Waals surface area contributed by atoms with E-state index in [-0.39, 0.29) is 34.4 Å². The number of carbonyl (C=O) groups excluding carboxylic acids is 1. The SMILES string of the molecule is COc1ccc(S(=O)(=O)NCCOc2ccc(S(=O)(=O)N3CCCC3)cc2)cc1C(=O)N1CCC(C)CC1. The van der Waals surface area contributed by atoms with Crippen LogP contribution in [0.3, 0.4) is 0 Å². The number of benzene rings is 2. The molecule has 1 amide bonds. The van der Waals surface area contributed by atoms with Crippen molar-refractivity contribution in [1.82, 2.24) is 13.9 Å². The normalized spacial score (nSPS) is 17.5. The zero-order chi connectivity index (χ0) is 27.3. The Bertz CT molecular complexity index is 1330. The zero-order valence-corrected chi connectivity index (χ0v) is 23.4. The fraction of sp³-hybridized carbons (Fsp3) is 0.500. The molecule has 4 rings (SSSR count). The molecule has 0 saturated carbocycles. The maximum Gasteiger partial charge on any atom is 0.257 e. The van der Waals surface area contributed by atoms with E-state index in [4.69, 9.17) is 9.47 Å². The van der Waals surface area contributed by atoms with Crippen LogP contribution in [-0.2, 0) is 20.0 Å². The van der Waals surface area contributed by atoms with Gasteiger partial charge in [-0.05, 0) is 74.1 Å². The van der Waals surface area contributed by atoms with Crippen molar-refractivity contribution in [3.05, 3.63) is 48.0 Å². The topological polar surface area (TPSA) is 122 Å². The molecule has 0 spiro atoms. The summed E-state index contributed by atoms with van der Waals surface area (Å²) in [6, 6.07) is 10.3. The van der Waals surface area contributed by atoms with E-state index in [1.165, 1.54) is 41.7 Å². The molecule has 2 saturated heterocycles. The second-order valence-corrected chi connectivity index (χ2v) is 13.4. The van der Waals surface area contributed by atoms with Crippen LogP contribution in [0.5, 0.6) is 11.5 Å². The van der Waals surface area contributed by atoms with Crippen LogP contribution in [-0.4, -0.2) is 78.4 Å². The summed E-state index contributed by atoms with van der Waals surface area (Å²) in [7, 11) is -5.97. The van der Waals surface area contributed by atoms with Crippen molar-refractivity contribution in [2.75, 3.05) is 46.4 Å². The van der Waals surface area contributed by atoms with Crippen LogP contribution < -0.4 is 14.2 Å². The lowest BCUT2D eigenvalue weighted by molar-refractivity contribution is 0.0693. The van der Waals surface area contributed by atoms with Crippen LogP contribution in [0.1, 0.15) is 43.0 Å². The molecule has 0 atom stereocenters. The predicted octanol–water partition coefficient (Wildman–Crippen LogP) is 2.71. The smallest absolute Gasteiger partial charge is 0.257 e. The van der Waals surface area contributed by atoms with Crippen molar-refractivity contribution in [2.24, 2.45) is 5.92 Å². The lowest BCUT2D eigenvalue weighted by Gasteiger charge is -2.30. The summed E-state index contributed by atoms with van der Waals surface area (Å²) in [6.07, 6.45) is 3.54. The van der Waals surface area contributed by atoms with Crippen LogP contribution >= 0.6 is 0 Å². The first-order valence-corrected chi connectivity index (χ1v) is 15.7. The van der Waals surface area contributed by atoms with Gasteiger partial charge >= 0.3 is 0 Å². The van der Waals surface area contributed by atoms with Crippen molar-refractivity contribution in [2.45, 2.75) is 42.4 Å². The average molecular weight is 566 g/mol. The quantitative estimate of drug-likeness (QED) is 0.440. The Morgan fingerprint density at radius 1 is 0.947 bits per heavy atom. The highest BCUT2D eigenvalue weighted by molar-refractivity contribution is 7.89. The number of hydrogen-bond acceptors (Lipinski definition) is 7. The Labute approximate surface area is 225 Å². The molecule has 2 aromatic rings. The minimum Gasteiger partial charge on any atom is -0.496 e. The fourth-order valence-electron chi connectivity index (χ4n) is 4.62. The third-order valence-corrected chi connectivity index (χ3v) is 10.3. The summed E-state index contributed by atoms with van der Waals surface area (Å²) in [5, 5.41) is 0. The summed E-state index contributed by atoms with van der Waals surface area (Å²) in [5.74, 6) is 1.06. The predicted molar refractivity (Wildman–Crippen MR) is 142 cm³/mol. The van der Waals surface area contributed by atoms with Crippen LogP contribution in [0, 0.1) is 5.92 Å². The Morgan fingerprint density at radius 3 is 2.21 bits per heavy atom. The minimum absolute atomic E-state index is 0.0184. The number of ether oxygens (including phenoxy) is 2. The molecule has 2 fully saturated rings. The average Bonchev–Trinajstić information content (AvgIpc) is 3.47. The van der Waals surface area contributed by atoms with E-state index in [9.17, 15) is 21.6 Å². The number of piperidine rings is 1. The molecule has 2 aliphatic rings. The van der Waals surface area contributed by atoms with Crippen molar-refractivity contribution in [3.8, 4) is 11.5 Å². The van der Waals surface area contributed by atoms with Gasteiger partial charge in [0, 0.05) is 32.7 Å². The molecule has 0 aliphatic carbocycles. The van der Waals surface area contributed by atoms with Gasteiger partial charge in [0.25, 0.3) is 5.91 Å². The highest BCUT2D eigenvalue weighted by Crippen LogP contribution is 2.27. The van der Waals surface area contributed by atoms with Crippen molar-refractivity contribution < 1.29 is 31.1 Å². The number of likely N-dealkylation sites (tertiary alicyclic amines) is 1. The van der Waals surface area contributed by atoms with Gasteiger partial charge in [-0.1, -0.05) is 6.92 Å². The van der Waals surface area contributed by atoms with Crippen molar-refractivity contribution >= 4 is 26.0 Å². The van der Waals surface area contributed by atoms with E-state index in [1.54, 1.807) is 17.0 Å². The third kappa shape index (κ3) is 6.48. The molecule has 1 N–H and O–H groups in total. The van der Waals surface area contributed by atoms with Gasteiger partial charge in [0.2, 0.25) is 20.0 Å². The van der Waals surface area contributed by atoms with Crippen LogP contribution in [0.15, 0.2) is 52.3 Å². The van der Waals surface area contributed by atoms with Crippen molar-refractivity contribution in [3.63, 3.8) is 0 Å². The van der Waals surface area contributed by atoms with E-state index >= 15 is 0 Å². The molecule has 0 bridgehead atoms. The minimum atomic E-state index is -3.91. The van der Waals surface area contributed by atoms with Crippen molar-refractivity contribution in [1.29, 1.82) is 0 Å². The first-order valence-electron chi connectivity index (χ1n) is 12.8. The standard InChI is InChI=1S/C26H35N3O7S2/c1-20-11-16-28(17-12-20)26(30)24-19-23(9-10-25(24)35-2)37(31,32)27-13-18-36-21-5-7-22(8-6-21)38(33,34)29-14-3-4-15-29/h5-10,19-20,27H,3-4,11-18H2,1-2H3. The van der Waals surface area contributed by atoms with Gasteiger partial charge < -0.3 is 14.4 Å². The molecule has 10 nitrogen and oxygen atoms in total. The Kier molecular flexibility index (Phi) is 8.96. The second-order valence-electron chi connectivity index (χ2n) is 9.67. The molecule has 12 heteroatoms. The van der Waals surface area contributed by atoms with Gasteiger partial charge in [-0.3, -0.25) is 4.79 Å². The largest absolute Gasteiger partial charge is 0.496 e. The molecule has 2 heterocycles. The first-order chi connectivity index (χ1) is 18.1. The summed E-state index contributed by atoms with van der Waals surface area (Å²) in [4.78, 5) is 15.0. The van der Waals surface area contributed by atoms with Gasteiger partial charge in [0.15, 0.2) is 0 Å². The molecule has 2 aliphatic heterocycles. The van der Waals surface area contributed by atoms with E-state index in [0.29, 0.717) is 43.6 Å².